The van der Waals surface area contributed by atoms with Gasteiger partial charge >= 0.3 is 5.97 Å². The number of carboxylic acids is 1. The fourth-order valence-corrected chi connectivity index (χ4v) is 9.23. The van der Waals surface area contributed by atoms with Crippen LogP contribution >= 0.6 is 0 Å². The highest BCUT2D eigenvalue weighted by Gasteiger charge is 2.67. The molecule has 0 amide bonds. The van der Waals surface area contributed by atoms with Crippen molar-refractivity contribution in [3.8, 4) is 0 Å². The van der Waals surface area contributed by atoms with Crippen molar-refractivity contribution in [1.29, 1.82) is 0 Å². The predicted octanol–water partition coefficient (Wildman–Crippen LogP) is 5.69. The number of carboxylic acid groups (broad SMARTS) is 1. The van der Waals surface area contributed by atoms with Gasteiger partial charge in [0.25, 0.3) is 0 Å². The van der Waals surface area contributed by atoms with Crippen molar-refractivity contribution in [2.24, 2.45) is 39.4 Å². The van der Waals surface area contributed by atoms with Crippen LogP contribution < -0.4 is 0 Å². The Kier molecular flexibility index (Phi) is 6.50. The molecule has 0 aromatic heterocycles. The Bertz CT molecular complexity index is 975. The molecule has 5 nitrogen and oxygen atoms in total. The smallest absolute Gasteiger partial charge is 0.330 e. The number of allylic oxidation sites excluding steroid dienone is 2. The van der Waals surface area contributed by atoms with E-state index in [0.29, 0.717) is 36.7 Å². The molecule has 0 saturated heterocycles. The van der Waals surface area contributed by atoms with E-state index in [0.717, 1.165) is 43.3 Å². The Hall–Kier alpha value is -1.46. The molecule has 8 atom stereocenters. The second kappa shape index (κ2) is 8.55. The quantitative estimate of drug-likeness (QED) is 0.434. The van der Waals surface area contributed by atoms with Gasteiger partial charge in [-0.1, -0.05) is 47.6 Å². The first-order chi connectivity index (χ1) is 16.1. The summed E-state index contributed by atoms with van der Waals surface area (Å²) < 4.78 is 0. The minimum atomic E-state index is -0.867. The second-order valence-electron chi connectivity index (χ2n) is 13.6. The maximum Gasteiger partial charge on any atom is 0.330 e. The fourth-order valence-electron chi connectivity index (χ4n) is 9.23. The molecular weight excluding hydrogens is 440 g/mol. The van der Waals surface area contributed by atoms with Crippen LogP contribution in [-0.4, -0.2) is 39.3 Å². The molecule has 5 heteroatoms. The third-order valence-electron chi connectivity index (χ3n) is 11.6. The van der Waals surface area contributed by atoms with Crippen LogP contribution in [-0.2, 0) is 9.59 Å². The van der Waals surface area contributed by atoms with E-state index in [1.54, 1.807) is 6.92 Å². The average Bonchev–Trinajstić information content (AvgIpc) is 3.03. The fraction of sp³-hybridized carbons (Fsp3) is 0.800. The summed E-state index contributed by atoms with van der Waals surface area (Å²) in [5.74, 6) is 0.102. The Balaban J connectivity index is 1.70. The highest BCUT2D eigenvalue weighted by atomic mass is 16.4. The summed E-state index contributed by atoms with van der Waals surface area (Å²) in [6.07, 6.45) is 7.01. The molecule has 0 unspecified atom stereocenters. The molecule has 4 aliphatic rings. The Labute approximate surface area is 211 Å². The zero-order valence-electron chi connectivity index (χ0n) is 22.8. The molecule has 2 saturated carbocycles. The average molecular weight is 487 g/mol. The van der Waals surface area contributed by atoms with Crippen LogP contribution in [0.5, 0.6) is 0 Å². The first-order valence-electron chi connectivity index (χ1n) is 13.7. The van der Waals surface area contributed by atoms with Gasteiger partial charge in [0.05, 0.1) is 12.2 Å². The molecule has 0 radical (unpaired) electrons. The van der Waals surface area contributed by atoms with Crippen LogP contribution in [0.2, 0.25) is 0 Å². The predicted molar refractivity (Wildman–Crippen MR) is 137 cm³/mol. The molecule has 35 heavy (non-hydrogen) atoms. The number of aliphatic hydroxyl groups is 2. The summed E-state index contributed by atoms with van der Waals surface area (Å²) in [5.41, 5.74) is 1.22. The summed E-state index contributed by atoms with van der Waals surface area (Å²) in [6, 6.07) is 0. The van der Waals surface area contributed by atoms with Crippen molar-refractivity contribution in [1.82, 2.24) is 0 Å². The molecular formula is C30H46O5. The summed E-state index contributed by atoms with van der Waals surface area (Å²) in [4.78, 5) is 25.1. The van der Waals surface area contributed by atoms with E-state index in [9.17, 15) is 19.8 Å². The Morgan fingerprint density at radius 1 is 1.11 bits per heavy atom. The van der Waals surface area contributed by atoms with Gasteiger partial charge in [-0.2, -0.15) is 0 Å². The van der Waals surface area contributed by atoms with E-state index >= 15 is 0 Å². The lowest BCUT2D eigenvalue weighted by Crippen LogP contribution is -2.59. The van der Waals surface area contributed by atoms with Gasteiger partial charge in [0.15, 0.2) is 5.78 Å². The first kappa shape index (κ1) is 26.6. The number of rotatable bonds is 5. The number of hydrogen-bond acceptors (Lipinski definition) is 4. The van der Waals surface area contributed by atoms with Gasteiger partial charge in [0, 0.05) is 23.0 Å². The molecule has 4 aliphatic carbocycles. The Morgan fingerprint density at radius 3 is 2.40 bits per heavy atom. The van der Waals surface area contributed by atoms with Crippen molar-refractivity contribution in [3.05, 3.63) is 22.8 Å². The molecule has 4 rings (SSSR count). The van der Waals surface area contributed by atoms with Gasteiger partial charge in [-0.15, -0.1) is 0 Å². The second-order valence-corrected chi connectivity index (χ2v) is 13.6. The molecule has 0 bridgehead atoms. The molecule has 0 heterocycles. The third kappa shape index (κ3) is 3.70. The molecule has 0 aliphatic heterocycles. The van der Waals surface area contributed by atoms with Crippen LogP contribution in [0.25, 0.3) is 0 Å². The van der Waals surface area contributed by atoms with E-state index < -0.39 is 18.2 Å². The lowest BCUT2D eigenvalue weighted by atomic mass is 9.42. The normalized spacial score (nSPS) is 43.9. The molecule has 0 aromatic rings. The molecule has 2 fully saturated rings. The molecule has 0 spiro atoms. The number of aliphatic carboxylic acids is 1. The van der Waals surface area contributed by atoms with Gasteiger partial charge in [-0.3, -0.25) is 4.79 Å². The van der Waals surface area contributed by atoms with E-state index in [1.807, 2.05) is 6.08 Å². The van der Waals surface area contributed by atoms with E-state index in [1.165, 1.54) is 0 Å². The zero-order chi connectivity index (χ0) is 26.1. The van der Waals surface area contributed by atoms with Gasteiger partial charge in [-0.25, -0.2) is 4.79 Å². The number of hydrogen-bond donors (Lipinski definition) is 3. The number of carbonyl (C=O) groups excluding carboxylic acids is 1. The van der Waals surface area contributed by atoms with Crippen molar-refractivity contribution in [2.45, 2.75) is 112 Å². The summed E-state index contributed by atoms with van der Waals surface area (Å²) in [6.45, 7) is 14.9. The summed E-state index contributed by atoms with van der Waals surface area (Å²) in [7, 11) is 0. The molecule has 0 aromatic carbocycles. The van der Waals surface area contributed by atoms with E-state index in [2.05, 4.69) is 41.5 Å². The molecule has 3 N–H and O–H groups in total. The minimum Gasteiger partial charge on any atom is -0.478 e. The maximum atomic E-state index is 13.9. The lowest BCUT2D eigenvalue weighted by molar-refractivity contribution is -0.138. The van der Waals surface area contributed by atoms with Gasteiger partial charge in [0.2, 0.25) is 0 Å². The standard InChI is InChI=1S/C30H46O5/c1-17(9-8-10-18(2)26(34)35)19-11-14-29(6)25-20(31)15-22-27(3,4)23(33)12-13-28(22,5)24(25)21(32)16-30(19,29)7/h10,17,19,21-23,32-33H,8-9,11-16H2,1-7H3,(H,34,35)/b18-10+/t17-,19+,21-,22+,23+,28+,29+,30-/m1/s1. The maximum absolute atomic E-state index is 13.9. The van der Waals surface area contributed by atoms with E-state index in [-0.39, 0.29) is 33.4 Å². The van der Waals surface area contributed by atoms with Crippen molar-refractivity contribution < 1.29 is 24.9 Å². The Morgan fingerprint density at radius 2 is 1.77 bits per heavy atom. The van der Waals surface area contributed by atoms with Crippen LogP contribution in [0.4, 0.5) is 0 Å². The van der Waals surface area contributed by atoms with Gasteiger partial charge < -0.3 is 15.3 Å². The first-order valence-corrected chi connectivity index (χ1v) is 13.7. The monoisotopic (exact) mass is 486 g/mol. The van der Waals surface area contributed by atoms with Crippen molar-refractivity contribution in [3.63, 3.8) is 0 Å². The van der Waals surface area contributed by atoms with Crippen molar-refractivity contribution in [2.75, 3.05) is 0 Å². The van der Waals surface area contributed by atoms with Crippen LogP contribution in [0.15, 0.2) is 22.8 Å². The highest BCUT2D eigenvalue weighted by Crippen LogP contribution is 2.71. The van der Waals surface area contributed by atoms with Crippen molar-refractivity contribution >= 4 is 11.8 Å². The summed E-state index contributed by atoms with van der Waals surface area (Å²) in [5, 5.41) is 31.7. The number of aliphatic hydroxyl groups excluding tert-OH is 2. The molecule has 196 valence electrons. The van der Waals surface area contributed by atoms with Gasteiger partial charge in [0.1, 0.15) is 0 Å². The van der Waals surface area contributed by atoms with Crippen LogP contribution in [0.1, 0.15) is 99.8 Å². The lowest BCUT2D eigenvalue weighted by Gasteiger charge is -2.62. The number of carbonyl (C=O) groups is 2. The topological polar surface area (TPSA) is 94.8 Å². The van der Waals surface area contributed by atoms with E-state index in [4.69, 9.17) is 5.11 Å². The number of fused-ring (bicyclic) bond motifs is 4. The summed E-state index contributed by atoms with van der Waals surface area (Å²) >= 11 is 0. The zero-order valence-corrected chi connectivity index (χ0v) is 22.8. The third-order valence-corrected chi connectivity index (χ3v) is 11.6. The van der Waals surface area contributed by atoms with Crippen LogP contribution in [0, 0.1) is 39.4 Å². The number of Topliss-reactive ketones (excluding diaryl/α,β-unsaturated/α-hetero) is 1. The van der Waals surface area contributed by atoms with Crippen LogP contribution in [0.3, 0.4) is 0 Å². The largest absolute Gasteiger partial charge is 0.478 e. The highest BCUT2D eigenvalue weighted by molar-refractivity contribution is 6.00. The SMILES string of the molecule is C/C(=C\CC[C@@H](C)[C@@H]1CC[C@@]2(C)C3=C([C@H](O)C[C@]12C)[C@@]1(C)CC[C@H](O)C(C)(C)[C@@H]1CC3=O)C(=O)O. The minimum absolute atomic E-state index is 0.0352. The van der Waals surface area contributed by atoms with Gasteiger partial charge in [-0.05, 0) is 91.4 Å². The number of ketones is 1.